The third-order valence-corrected chi connectivity index (χ3v) is 6.86. The topological polar surface area (TPSA) is 108 Å². The van der Waals surface area contributed by atoms with Gasteiger partial charge in [-0.1, -0.05) is 65.9 Å². The first-order valence-corrected chi connectivity index (χ1v) is 12.8. The number of carbonyl (C=O) groups excluding carboxylic acids is 1. The Hall–Kier alpha value is -5.22. The van der Waals surface area contributed by atoms with E-state index >= 15 is 0 Å². The zero-order chi connectivity index (χ0) is 26.8. The van der Waals surface area contributed by atoms with E-state index in [-0.39, 0.29) is 5.78 Å². The Morgan fingerprint density at radius 3 is 2.36 bits per heavy atom. The number of hydrogen-bond acceptors (Lipinski definition) is 8. The number of benzene rings is 3. The first-order chi connectivity index (χ1) is 19.1. The number of aromatic nitrogens is 4. The van der Waals surface area contributed by atoms with Crippen molar-refractivity contribution in [3.05, 3.63) is 123 Å². The molecule has 39 heavy (non-hydrogen) atoms. The average Bonchev–Trinajstić information content (AvgIpc) is 3.59. The molecule has 10 heteroatoms. The van der Waals surface area contributed by atoms with E-state index in [2.05, 4.69) is 15.3 Å². The van der Waals surface area contributed by atoms with Gasteiger partial charge in [0.05, 0.1) is 23.2 Å². The van der Waals surface area contributed by atoms with E-state index in [1.807, 2.05) is 78.9 Å². The van der Waals surface area contributed by atoms with Gasteiger partial charge in [0.1, 0.15) is 11.3 Å². The molecule has 190 valence electrons. The van der Waals surface area contributed by atoms with Gasteiger partial charge in [0, 0.05) is 24.1 Å². The molecule has 3 aromatic heterocycles. The second kappa shape index (κ2) is 10.3. The molecule has 0 unspecified atom stereocenters. The summed E-state index contributed by atoms with van der Waals surface area (Å²) in [4.78, 5) is 25.4. The SMILES string of the molecule is CC(=O)c1nn(-c2ccccc2)/c(=N/N=Cc2cn(-c3ccccc3)nc2-c2cc3ccccc3oc2=O)s1. The van der Waals surface area contributed by atoms with Crippen molar-refractivity contribution in [2.24, 2.45) is 10.2 Å². The quantitative estimate of drug-likeness (QED) is 0.129. The van der Waals surface area contributed by atoms with Gasteiger partial charge in [0.2, 0.25) is 4.80 Å². The highest BCUT2D eigenvalue weighted by molar-refractivity contribution is 7.10. The van der Waals surface area contributed by atoms with Crippen LogP contribution in [0.2, 0.25) is 0 Å². The molecular formula is C29H20N6O3S. The number of rotatable bonds is 6. The monoisotopic (exact) mass is 532 g/mol. The van der Waals surface area contributed by atoms with Gasteiger partial charge in [-0.3, -0.25) is 4.79 Å². The molecule has 0 N–H and O–H groups in total. The molecule has 9 nitrogen and oxygen atoms in total. The minimum absolute atomic E-state index is 0.162. The Morgan fingerprint density at radius 2 is 1.62 bits per heavy atom. The van der Waals surface area contributed by atoms with Crippen LogP contribution in [0.25, 0.3) is 33.6 Å². The predicted octanol–water partition coefficient (Wildman–Crippen LogP) is 5.03. The lowest BCUT2D eigenvalue weighted by Gasteiger charge is -2.01. The van der Waals surface area contributed by atoms with Gasteiger partial charge in [-0.15, -0.1) is 5.10 Å². The van der Waals surface area contributed by atoms with Gasteiger partial charge in [-0.2, -0.15) is 15.3 Å². The minimum Gasteiger partial charge on any atom is -0.422 e. The first-order valence-electron chi connectivity index (χ1n) is 12.0. The van der Waals surface area contributed by atoms with Crippen LogP contribution in [0, 0.1) is 0 Å². The molecule has 0 bridgehead atoms. The van der Waals surface area contributed by atoms with Crippen molar-refractivity contribution < 1.29 is 9.21 Å². The van der Waals surface area contributed by atoms with Gasteiger partial charge in [0.25, 0.3) is 0 Å². The van der Waals surface area contributed by atoms with Crippen molar-refractivity contribution in [3.8, 4) is 22.6 Å². The number of fused-ring (bicyclic) bond motifs is 1. The Bertz CT molecular complexity index is 1970. The lowest BCUT2D eigenvalue weighted by molar-refractivity contribution is 0.101. The van der Waals surface area contributed by atoms with Gasteiger partial charge < -0.3 is 4.42 Å². The van der Waals surface area contributed by atoms with Crippen LogP contribution in [-0.4, -0.2) is 31.6 Å². The van der Waals surface area contributed by atoms with E-state index in [1.54, 1.807) is 27.7 Å². The molecule has 0 radical (unpaired) electrons. The van der Waals surface area contributed by atoms with E-state index in [0.717, 1.165) is 28.1 Å². The van der Waals surface area contributed by atoms with Gasteiger partial charge in [-0.25, -0.2) is 14.2 Å². The summed E-state index contributed by atoms with van der Waals surface area (Å²) < 4.78 is 8.82. The number of ketones is 1. The van der Waals surface area contributed by atoms with Crippen LogP contribution < -0.4 is 10.4 Å². The smallest absolute Gasteiger partial charge is 0.345 e. The molecule has 3 heterocycles. The summed E-state index contributed by atoms with van der Waals surface area (Å²) >= 11 is 1.14. The fraction of sp³-hybridized carbons (Fsp3) is 0.0345. The van der Waals surface area contributed by atoms with Crippen LogP contribution in [0.3, 0.4) is 0 Å². The number of nitrogens with zero attached hydrogens (tertiary/aromatic N) is 6. The third-order valence-electron chi connectivity index (χ3n) is 5.86. The van der Waals surface area contributed by atoms with E-state index in [0.29, 0.717) is 32.2 Å². The fourth-order valence-corrected chi connectivity index (χ4v) is 4.76. The fourth-order valence-electron chi connectivity index (χ4n) is 4.00. The Labute approximate surface area is 225 Å². The van der Waals surface area contributed by atoms with Crippen LogP contribution in [0.1, 0.15) is 22.3 Å². The normalized spacial score (nSPS) is 12.0. The predicted molar refractivity (Wildman–Crippen MR) is 150 cm³/mol. The highest BCUT2D eigenvalue weighted by Crippen LogP contribution is 2.23. The number of Topliss-reactive ketones (excluding diaryl/α,β-unsaturated/α-hetero) is 1. The van der Waals surface area contributed by atoms with Crippen molar-refractivity contribution in [2.45, 2.75) is 6.92 Å². The second-order valence-corrected chi connectivity index (χ2v) is 9.49. The summed E-state index contributed by atoms with van der Waals surface area (Å²) in [5, 5.41) is 18.9. The van der Waals surface area contributed by atoms with Crippen LogP contribution in [0.4, 0.5) is 0 Å². The maximum atomic E-state index is 13.0. The molecule has 0 saturated carbocycles. The Morgan fingerprint density at radius 1 is 0.923 bits per heavy atom. The third kappa shape index (κ3) is 4.88. The molecule has 0 atom stereocenters. The Balaban J connectivity index is 1.48. The molecule has 0 amide bonds. The van der Waals surface area contributed by atoms with Crippen molar-refractivity contribution in [3.63, 3.8) is 0 Å². The maximum Gasteiger partial charge on any atom is 0.345 e. The largest absolute Gasteiger partial charge is 0.422 e. The van der Waals surface area contributed by atoms with Crippen molar-refractivity contribution in [2.75, 3.05) is 0 Å². The summed E-state index contributed by atoms with van der Waals surface area (Å²) in [6.07, 6.45) is 3.30. The van der Waals surface area contributed by atoms with E-state index in [9.17, 15) is 9.59 Å². The zero-order valence-electron chi connectivity index (χ0n) is 20.6. The van der Waals surface area contributed by atoms with Crippen molar-refractivity contribution in [1.29, 1.82) is 0 Å². The zero-order valence-corrected chi connectivity index (χ0v) is 21.4. The van der Waals surface area contributed by atoms with Crippen molar-refractivity contribution >= 4 is 34.3 Å². The van der Waals surface area contributed by atoms with Crippen molar-refractivity contribution in [1.82, 2.24) is 19.6 Å². The van der Waals surface area contributed by atoms with Crippen LogP contribution in [0.15, 0.2) is 117 Å². The van der Waals surface area contributed by atoms with Gasteiger partial charge in [-0.05, 0) is 36.4 Å². The maximum absolute atomic E-state index is 13.0. The molecule has 0 aliphatic rings. The number of para-hydroxylation sites is 3. The molecule has 6 aromatic rings. The molecule has 0 aliphatic carbocycles. The molecule has 0 aliphatic heterocycles. The Kier molecular flexibility index (Phi) is 6.36. The standard InChI is InChI=1S/C29H20N6O3S/c1-19(36)27-33-35(23-13-6-3-7-14-23)29(39-27)31-30-17-21-18-34(22-11-4-2-5-12-22)32-26(21)24-16-20-10-8-9-15-25(20)38-28(24)37/h2-18H,1H3/b30-17?,31-29-. The molecule has 6 rings (SSSR count). The molecular weight excluding hydrogens is 512 g/mol. The summed E-state index contributed by atoms with van der Waals surface area (Å²) in [6, 6.07) is 28.0. The van der Waals surface area contributed by atoms with E-state index < -0.39 is 5.63 Å². The van der Waals surface area contributed by atoms with Crippen LogP contribution in [0.5, 0.6) is 0 Å². The highest BCUT2D eigenvalue weighted by atomic mass is 32.1. The molecule has 0 saturated heterocycles. The number of hydrogen-bond donors (Lipinski definition) is 0. The first kappa shape index (κ1) is 24.1. The molecule has 0 spiro atoms. The summed E-state index contributed by atoms with van der Waals surface area (Å²) in [7, 11) is 0. The van der Waals surface area contributed by atoms with E-state index in [4.69, 9.17) is 9.52 Å². The average molecular weight is 533 g/mol. The second-order valence-electron chi connectivity index (χ2n) is 8.54. The molecule has 3 aromatic carbocycles. The van der Waals surface area contributed by atoms with Gasteiger partial charge in [0.15, 0.2) is 10.8 Å². The van der Waals surface area contributed by atoms with Crippen LogP contribution in [-0.2, 0) is 0 Å². The summed E-state index contributed by atoms with van der Waals surface area (Å²) in [5.74, 6) is -0.162. The van der Waals surface area contributed by atoms with Crippen LogP contribution >= 0.6 is 11.3 Å². The highest BCUT2D eigenvalue weighted by Gasteiger charge is 2.17. The minimum atomic E-state index is -0.505. The van der Waals surface area contributed by atoms with E-state index in [1.165, 1.54) is 13.1 Å². The summed E-state index contributed by atoms with van der Waals surface area (Å²) in [5.41, 5.74) is 2.83. The van der Waals surface area contributed by atoms with Gasteiger partial charge >= 0.3 is 5.63 Å². The lowest BCUT2D eigenvalue weighted by atomic mass is 10.1. The summed E-state index contributed by atoms with van der Waals surface area (Å²) in [6.45, 7) is 1.46. The molecule has 0 fully saturated rings. The lowest BCUT2D eigenvalue weighted by Crippen LogP contribution is -2.13. The number of carbonyl (C=O) groups is 1.